The Morgan fingerprint density at radius 3 is 3.00 bits per heavy atom. The van der Waals surface area contributed by atoms with Crippen LogP contribution in [0, 0.1) is 0 Å². The minimum atomic E-state index is -0.426. The molecule has 4 heteroatoms. The summed E-state index contributed by atoms with van der Waals surface area (Å²) >= 11 is 5.43. The predicted molar refractivity (Wildman–Crippen MR) is 53.6 cm³/mol. The zero-order valence-electron chi connectivity index (χ0n) is 7.57. The van der Waals surface area contributed by atoms with E-state index in [0.717, 1.165) is 11.3 Å². The highest BCUT2D eigenvalue weighted by Crippen LogP contribution is 2.22. The molecule has 14 heavy (non-hydrogen) atoms. The molecule has 0 aliphatic carbocycles. The van der Waals surface area contributed by atoms with Gasteiger partial charge in [-0.2, -0.15) is 0 Å². The van der Waals surface area contributed by atoms with E-state index >= 15 is 0 Å². The first-order valence-corrected chi connectivity index (χ1v) is 4.80. The Morgan fingerprint density at radius 1 is 1.43 bits per heavy atom. The number of ether oxygens (including phenoxy) is 1. The Hall–Kier alpha value is -1.22. The van der Waals surface area contributed by atoms with Crippen LogP contribution in [0.2, 0.25) is 0 Å². The number of rotatable bonds is 0. The van der Waals surface area contributed by atoms with Crippen molar-refractivity contribution in [2.75, 3.05) is 13.2 Å². The lowest BCUT2D eigenvalue weighted by molar-refractivity contribution is 0.210. The monoisotopic (exact) mass is 211 g/mol. The number of carbonyl (C=O) groups is 1. The maximum Gasteiger partial charge on any atom is 0.316 e. The van der Waals surface area contributed by atoms with E-state index in [0.29, 0.717) is 19.7 Å². The van der Waals surface area contributed by atoms with Crippen molar-refractivity contribution in [3.63, 3.8) is 0 Å². The van der Waals surface area contributed by atoms with E-state index in [1.807, 2.05) is 24.3 Å². The van der Waals surface area contributed by atoms with Crippen molar-refractivity contribution in [2.24, 2.45) is 0 Å². The summed E-state index contributed by atoms with van der Waals surface area (Å²) in [5.74, 6) is 0.841. The largest absolute Gasteiger partial charge is 0.491 e. The second-order valence-electron chi connectivity index (χ2n) is 3.13. The third-order valence-electron chi connectivity index (χ3n) is 2.20. The lowest BCUT2D eigenvalue weighted by Crippen LogP contribution is -2.27. The van der Waals surface area contributed by atoms with Crippen LogP contribution >= 0.6 is 11.6 Å². The fraction of sp³-hybridized carbons (Fsp3) is 0.300. The number of halogens is 1. The number of fused-ring (bicyclic) bond motifs is 1. The van der Waals surface area contributed by atoms with Crippen LogP contribution < -0.4 is 4.74 Å². The van der Waals surface area contributed by atoms with E-state index in [1.54, 1.807) is 4.90 Å². The van der Waals surface area contributed by atoms with Gasteiger partial charge < -0.3 is 9.64 Å². The number of hydrogen-bond acceptors (Lipinski definition) is 2. The molecule has 0 fully saturated rings. The molecule has 1 aliphatic rings. The fourth-order valence-corrected chi connectivity index (χ4v) is 1.62. The van der Waals surface area contributed by atoms with Crippen molar-refractivity contribution < 1.29 is 9.53 Å². The van der Waals surface area contributed by atoms with Crippen molar-refractivity contribution in [2.45, 2.75) is 6.54 Å². The van der Waals surface area contributed by atoms with Crippen molar-refractivity contribution in [3.8, 4) is 5.75 Å². The van der Waals surface area contributed by atoms with Gasteiger partial charge in [-0.3, -0.25) is 4.79 Å². The Kier molecular flexibility index (Phi) is 2.59. The molecule has 0 bridgehead atoms. The smallest absolute Gasteiger partial charge is 0.316 e. The van der Waals surface area contributed by atoms with Gasteiger partial charge in [0.25, 0.3) is 0 Å². The summed E-state index contributed by atoms with van der Waals surface area (Å²) in [4.78, 5) is 12.6. The number of amides is 1. The number of nitrogens with zero attached hydrogens (tertiary/aromatic N) is 1. The van der Waals surface area contributed by atoms with Crippen molar-refractivity contribution in [1.29, 1.82) is 0 Å². The molecule has 0 spiro atoms. The summed E-state index contributed by atoms with van der Waals surface area (Å²) in [5.41, 5.74) is 0.999. The zero-order chi connectivity index (χ0) is 9.97. The highest BCUT2D eigenvalue weighted by molar-refractivity contribution is 6.62. The fourth-order valence-electron chi connectivity index (χ4n) is 1.48. The van der Waals surface area contributed by atoms with Crippen LogP contribution in [0.4, 0.5) is 4.79 Å². The number of benzene rings is 1. The van der Waals surface area contributed by atoms with Crippen molar-refractivity contribution >= 4 is 17.0 Å². The average molecular weight is 212 g/mol. The molecule has 0 N–H and O–H groups in total. The molecule has 74 valence electrons. The average Bonchev–Trinajstić information content (AvgIpc) is 2.39. The second kappa shape index (κ2) is 3.88. The van der Waals surface area contributed by atoms with Gasteiger partial charge in [-0.25, -0.2) is 0 Å². The SMILES string of the molecule is O=C(Cl)N1CCOc2ccccc2C1. The van der Waals surface area contributed by atoms with E-state index in [1.165, 1.54) is 0 Å². The van der Waals surface area contributed by atoms with Gasteiger partial charge in [0, 0.05) is 5.56 Å². The minimum Gasteiger partial charge on any atom is -0.491 e. The van der Waals surface area contributed by atoms with Crippen LogP contribution in [0.25, 0.3) is 0 Å². The van der Waals surface area contributed by atoms with Crippen LogP contribution in [0.1, 0.15) is 5.56 Å². The van der Waals surface area contributed by atoms with Gasteiger partial charge in [0.15, 0.2) is 0 Å². The highest BCUT2D eigenvalue weighted by Gasteiger charge is 2.17. The molecular formula is C10H10ClNO2. The summed E-state index contributed by atoms with van der Waals surface area (Å²) < 4.78 is 5.48. The third-order valence-corrected chi connectivity index (χ3v) is 2.44. The number of carbonyl (C=O) groups excluding carboxylic acids is 1. The topological polar surface area (TPSA) is 29.5 Å². The van der Waals surface area contributed by atoms with Crippen LogP contribution in [-0.4, -0.2) is 23.4 Å². The Balaban J connectivity index is 2.26. The molecule has 1 aromatic rings. The lowest BCUT2D eigenvalue weighted by atomic mass is 10.2. The normalized spacial score (nSPS) is 15.4. The standard InChI is InChI=1S/C10H10ClNO2/c11-10(13)12-5-6-14-9-4-2-1-3-8(9)7-12/h1-4H,5-7H2. The van der Waals surface area contributed by atoms with E-state index in [4.69, 9.17) is 16.3 Å². The van der Waals surface area contributed by atoms with Gasteiger partial charge in [-0.15, -0.1) is 0 Å². The zero-order valence-corrected chi connectivity index (χ0v) is 8.33. The number of hydrogen-bond donors (Lipinski definition) is 0. The molecule has 1 aromatic carbocycles. The molecule has 0 aromatic heterocycles. The highest BCUT2D eigenvalue weighted by atomic mass is 35.5. The first-order chi connectivity index (χ1) is 6.77. The van der Waals surface area contributed by atoms with Crippen LogP contribution in [0.15, 0.2) is 24.3 Å². The summed E-state index contributed by atoms with van der Waals surface area (Å²) in [5, 5.41) is -0.426. The van der Waals surface area contributed by atoms with Crippen LogP contribution in [-0.2, 0) is 6.54 Å². The van der Waals surface area contributed by atoms with Crippen LogP contribution in [0.3, 0.4) is 0 Å². The Morgan fingerprint density at radius 2 is 2.21 bits per heavy atom. The van der Waals surface area contributed by atoms with Crippen LogP contribution in [0.5, 0.6) is 5.75 Å². The summed E-state index contributed by atoms with van der Waals surface area (Å²) in [7, 11) is 0. The summed E-state index contributed by atoms with van der Waals surface area (Å²) in [6.07, 6.45) is 0. The second-order valence-corrected chi connectivity index (χ2v) is 3.45. The van der Waals surface area contributed by atoms with Gasteiger partial charge in [0.05, 0.1) is 13.1 Å². The predicted octanol–water partition coefficient (Wildman–Crippen LogP) is 2.24. The lowest BCUT2D eigenvalue weighted by Gasteiger charge is -2.15. The van der Waals surface area contributed by atoms with E-state index in [9.17, 15) is 4.79 Å². The van der Waals surface area contributed by atoms with Crippen molar-refractivity contribution in [1.82, 2.24) is 4.90 Å². The molecule has 0 unspecified atom stereocenters. The molecule has 1 heterocycles. The minimum absolute atomic E-state index is 0.426. The molecule has 1 aliphatic heterocycles. The van der Waals surface area contributed by atoms with E-state index in [-0.39, 0.29) is 0 Å². The first kappa shape index (κ1) is 9.34. The molecule has 0 saturated carbocycles. The Labute approximate surface area is 87.2 Å². The van der Waals surface area contributed by atoms with Gasteiger partial charge in [0.1, 0.15) is 12.4 Å². The summed E-state index contributed by atoms with van der Waals surface area (Å²) in [6.45, 7) is 1.56. The molecule has 0 radical (unpaired) electrons. The third kappa shape index (κ3) is 1.82. The van der Waals surface area contributed by atoms with Gasteiger partial charge in [-0.05, 0) is 17.7 Å². The molecule has 1 amide bonds. The first-order valence-electron chi connectivity index (χ1n) is 4.42. The molecule has 0 atom stereocenters. The Bertz CT molecular complexity index is 354. The van der Waals surface area contributed by atoms with Gasteiger partial charge >= 0.3 is 5.37 Å². The molecule has 3 nitrogen and oxygen atoms in total. The van der Waals surface area contributed by atoms with E-state index < -0.39 is 5.37 Å². The quantitative estimate of drug-likeness (QED) is 0.487. The van der Waals surface area contributed by atoms with E-state index in [2.05, 4.69) is 0 Å². The van der Waals surface area contributed by atoms with Gasteiger partial charge in [-0.1, -0.05) is 18.2 Å². The molecule has 2 rings (SSSR count). The van der Waals surface area contributed by atoms with Crippen molar-refractivity contribution in [3.05, 3.63) is 29.8 Å². The number of para-hydroxylation sites is 1. The molecular weight excluding hydrogens is 202 g/mol. The summed E-state index contributed by atoms with van der Waals surface area (Å²) in [6, 6.07) is 7.67. The maximum absolute atomic E-state index is 11.0. The molecule has 0 saturated heterocycles. The van der Waals surface area contributed by atoms with Gasteiger partial charge in [0.2, 0.25) is 0 Å². The maximum atomic E-state index is 11.0.